The predicted octanol–water partition coefficient (Wildman–Crippen LogP) is 6.90. The van der Waals surface area contributed by atoms with E-state index in [1.54, 1.807) is 4.90 Å². The third-order valence-electron chi connectivity index (χ3n) is 5.76. The van der Waals surface area contributed by atoms with Crippen molar-refractivity contribution < 1.29 is 14.3 Å². The highest BCUT2D eigenvalue weighted by molar-refractivity contribution is 7.22. The van der Waals surface area contributed by atoms with Crippen LogP contribution in [0.1, 0.15) is 31.1 Å². The molecule has 1 amide bonds. The minimum Gasteiger partial charge on any atom is -0.492 e. The lowest BCUT2D eigenvalue weighted by atomic mass is 10.2. The molecule has 1 heterocycles. The second-order valence-corrected chi connectivity index (χ2v) is 8.96. The van der Waals surface area contributed by atoms with Gasteiger partial charge in [-0.15, -0.1) is 12.4 Å². The summed E-state index contributed by atoms with van der Waals surface area (Å²) in [7, 11) is 0. The van der Waals surface area contributed by atoms with Crippen LogP contribution >= 0.6 is 23.7 Å². The fraction of sp³-hybridized carbons (Fsp3) is 0.286. The summed E-state index contributed by atoms with van der Waals surface area (Å²) in [6.07, 6.45) is 0. The Hall–Kier alpha value is -3.13. The van der Waals surface area contributed by atoms with E-state index in [1.165, 1.54) is 11.3 Å². The number of amides is 1. The van der Waals surface area contributed by atoms with Crippen molar-refractivity contribution in [3.05, 3.63) is 78.4 Å². The van der Waals surface area contributed by atoms with E-state index in [0.29, 0.717) is 29.6 Å². The van der Waals surface area contributed by atoms with Crippen LogP contribution in [0.15, 0.2) is 72.8 Å². The molecule has 0 aliphatic rings. The van der Waals surface area contributed by atoms with Crippen LogP contribution in [-0.2, 0) is 0 Å². The van der Waals surface area contributed by atoms with Gasteiger partial charge in [-0.25, -0.2) is 4.98 Å². The van der Waals surface area contributed by atoms with Crippen molar-refractivity contribution in [1.29, 1.82) is 0 Å². The van der Waals surface area contributed by atoms with Gasteiger partial charge in [0.15, 0.2) is 5.13 Å². The Balaban J connectivity index is 0.00000361. The van der Waals surface area contributed by atoms with Gasteiger partial charge in [0, 0.05) is 18.7 Å². The average Bonchev–Trinajstić information content (AvgIpc) is 3.33. The van der Waals surface area contributed by atoms with Gasteiger partial charge in [-0.05, 0) is 68.5 Å². The molecule has 36 heavy (non-hydrogen) atoms. The fourth-order valence-electron chi connectivity index (χ4n) is 3.81. The third kappa shape index (κ3) is 6.55. The standard InChI is InChI=1S/C28H31N3O3S.ClH/c1-4-30(5-2)19-20-31(28-29-26-24(33-6-3)13-10-14-25(26)35-28)27(32)21-15-17-23(18-16-21)34-22-11-8-7-9-12-22;/h7-18H,4-6,19-20H2,1-3H3;1H. The summed E-state index contributed by atoms with van der Waals surface area (Å²) in [5.74, 6) is 2.10. The van der Waals surface area contributed by atoms with Crippen molar-refractivity contribution in [3.8, 4) is 17.2 Å². The molecule has 190 valence electrons. The van der Waals surface area contributed by atoms with E-state index in [-0.39, 0.29) is 18.3 Å². The molecule has 0 spiro atoms. The molecule has 1 aromatic heterocycles. The van der Waals surface area contributed by atoms with E-state index in [4.69, 9.17) is 14.5 Å². The Morgan fingerprint density at radius 2 is 1.56 bits per heavy atom. The average molecular weight is 526 g/mol. The number of hydrogen-bond acceptors (Lipinski definition) is 6. The van der Waals surface area contributed by atoms with Gasteiger partial charge < -0.3 is 14.4 Å². The number of rotatable bonds is 11. The predicted molar refractivity (Wildman–Crippen MR) is 150 cm³/mol. The molecular formula is C28H32ClN3O3S. The van der Waals surface area contributed by atoms with E-state index < -0.39 is 0 Å². The van der Waals surface area contributed by atoms with Crippen LogP contribution in [0.2, 0.25) is 0 Å². The number of aromatic nitrogens is 1. The van der Waals surface area contributed by atoms with Crippen molar-refractivity contribution in [2.75, 3.05) is 37.7 Å². The molecule has 0 aliphatic carbocycles. The Morgan fingerprint density at radius 3 is 2.22 bits per heavy atom. The zero-order valence-corrected chi connectivity index (χ0v) is 22.5. The summed E-state index contributed by atoms with van der Waals surface area (Å²) in [5.41, 5.74) is 1.39. The van der Waals surface area contributed by atoms with Crippen molar-refractivity contribution >= 4 is 45.0 Å². The van der Waals surface area contributed by atoms with E-state index in [9.17, 15) is 4.79 Å². The number of thiazole rings is 1. The maximum atomic E-state index is 13.7. The van der Waals surface area contributed by atoms with Gasteiger partial charge in [-0.2, -0.15) is 0 Å². The lowest BCUT2D eigenvalue weighted by Gasteiger charge is -2.24. The third-order valence-corrected chi connectivity index (χ3v) is 6.80. The smallest absolute Gasteiger partial charge is 0.260 e. The highest BCUT2D eigenvalue weighted by Crippen LogP contribution is 2.35. The van der Waals surface area contributed by atoms with Gasteiger partial charge in [-0.1, -0.05) is 49.4 Å². The van der Waals surface area contributed by atoms with Crippen molar-refractivity contribution in [3.63, 3.8) is 0 Å². The summed E-state index contributed by atoms with van der Waals surface area (Å²) >= 11 is 1.51. The largest absolute Gasteiger partial charge is 0.492 e. The molecule has 0 saturated heterocycles. The lowest BCUT2D eigenvalue weighted by Crippen LogP contribution is -2.38. The summed E-state index contributed by atoms with van der Waals surface area (Å²) in [6.45, 7) is 9.96. The summed E-state index contributed by atoms with van der Waals surface area (Å²) in [5, 5.41) is 0.675. The molecule has 4 aromatic rings. The van der Waals surface area contributed by atoms with Crippen LogP contribution in [-0.4, -0.2) is 48.6 Å². The molecule has 0 atom stereocenters. The molecule has 0 saturated carbocycles. The maximum Gasteiger partial charge on any atom is 0.260 e. The number of ether oxygens (including phenoxy) is 2. The van der Waals surface area contributed by atoms with Crippen LogP contribution in [0.5, 0.6) is 17.2 Å². The van der Waals surface area contributed by atoms with Crippen LogP contribution in [0.25, 0.3) is 10.2 Å². The van der Waals surface area contributed by atoms with Gasteiger partial charge in [-0.3, -0.25) is 9.69 Å². The molecule has 4 rings (SSSR count). The monoisotopic (exact) mass is 525 g/mol. The molecule has 0 N–H and O–H groups in total. The number of hydrogen-bond donors (Lipinski definition) is 0. The molecule has 0 unspecified atom stereocenters. The summed E-state index contributed by atoms with van der Waals surface area (Å²) < 4.78 is 12.7. The van der Waals surface area contributed by atoms with Gasteiger partial charge in [0.1, 0.15) is 22.8 Å². The number of benzene rings is 3. The van der Waals surface area contributed by atoms with Crippen molar-refractivity contribution in [1.82, 2.24) is 9.88 Å². The Kier molecular flexibility index (Phi) is 10.1. The first-order valence-corrected chi connectivity index (χ1v) is 12.8. The van der Waals surface area contributed by atoms with Crippen molar-refractivity contribution in [2.24, 2.45) is 0 Å². The highest BCUT2D eigenvalue weighted by atomic mass is 35.5. The van der Waals surface area contributed by atoms with Crippen LogP contribution in [0.4, 0.5) is 5.13 Å². The number of carbonyl (C=O) groups excluding carboxylic acids is 1. The first-order chi connectivity index (χ1) is 17.1. The molecule has 3 aromatic carbocycles. The normalized spacial score (nSPS) is 10.8. The highest BCUT2D eigenvalue weighted by Gasteiger charge is 2.23. The maximum absolute atomic E-state index is 13.7. The van der Waals surface area contributed by atoms with Gasteiger partial charge in [0.2, 0.25) is 0 Å². The summed E-state index contributed by atoms with van der Waals surface area (Å²) in [6, 6.07) is 22.8. The first-order valence-electron chi connectivity index (χ1n) is 12.0. The van der Waals surface area contributed by atoms with Crippen LogP contribution < -0.4 is 14.4 Å². The first kappa shape index (κ1) is 27.5. The number of carbonyl (C=O) groups is 1. The zero-order chi connectivity index (χ0) is 24.6. The number of anilines is 1. The quantitative estimate of drug-likeness (QED) is 0.213. The van der Waals surface area contributed by atoms with Gasteiger partial charge in [0.25, 0.3) is 5.91 Å². The number of fused-ring (bicyclic) bond motifs is 1. The molecule has 0 bridgehead atoms. The van der Waals surface area contributed by atoms with E-state index in [0.717, 1.165) is 41.3 Å². The molecule has 8 heteroatoms. The van der Waals surface area contributed by atoms with Crippen LogP contribution in [0, 0.1) is 0 Å². The minimum atomic E-state index is -0.0829. The molecular weight excluding hydrogens is 494 g/mol. The molecule has 0 radical (unpaired) electrons. The van der Waals surface area contributed by atoms with Crippen LogP contribution in [0.3, 0.4) is 0 Å². The second kappa shape index (κ2) is 13.3. The van der Waals surface area contributed by atoms with E-state index >= 15 is 0 Å². The topological polar surface area (TPSA) is 54.9 Å². The van der Waals surface area contributed by atoms with E-state index in [1.807, 2.05) is 79.7 Å². The van der Waals surface area contributed by atoms with Gasteiger partial charge in [0.05, 0.1) is 11.3 Å². The summed E-state index contributed by atoms with van der Waals surface area (Å²) in [4.78, 5) is 22.6. The Bertz CT molecular complexity index is 1240. The molecule has 6 nitrogen and oxygen atoms in total. The second-order valence-electron chi connectivity index (χ2n) is 7.96. The number of halogens is 1. The van der Waals surface area contributed by atoms with Crippen molar-refractivity contribution in [2.45, 2.75) is 20.8 Å². The SMILES string of the molecule is CCOc1cccc2sc(N(CCN(CC)CC)C(=O)c3ccc(Oc4ccccc4)cc3)nc12.Cl. The van der Waals surface area contributed by atoms with E-state index in [2.05, 4.69) is 18.7 Å². The molecule has 0 fully saturated rings. The fourth-order valence-corrected chi connectivity index (χ4v) is 4.82. The lowest BCUT2D eigenvalue weighted by molar-refractivity contribution is 0.0983. The molecule has 0 aliphatic heterocycles. The number of para-hydroxylation sites is 2. The number of nitrogens with zero attached hydrogens (tertiary/aromatic N) is 3. The van der Waals surface area contributed by atoms with Gasteiger partial charge >= 0.3 is 0 Å². The Morgan fingerprint density at radius 1 is 0.861 bits per heavy atom. The zero-order valence-electron chi connectivity index (χ0n) is 20.8. The number of likely N-dealkylation sites (N-methyl/N-ethyl adjacent to an activating group) is 1. The minimum absolute atomic E-state index is 0. The Labute approximate surface area is 222 Å².